The molecular formula is C16H19FN2O2. The van der Waals surface area contributed by atoms with Gasteiger partial charge in [-0.2, -0.15) is 5.10 Å². The number of aromatic nitrogens is 2. The Balaban J connectivity index is 2.63. The Labute approximate surface area is 123 Å². The lowest BCUT2D eigenvalue weighted by Crippen LogP contribution is -2.07. The van der Waals surface area contributed by atoms with E-state index in [1.165, 1.54) is 12.1 Å². The first-order valence-corrected chi connectivity index (χ1v) is 7.05. The zero-order valence-electron chi connectivity index (χ0n) is 12.5. The van der Waals surface area contributed by atoms with Crippen molar-refractivity contribution in [2.45, 2.75) is 40.0 Å². The van der Waals surface area contributed by atoms with Crippen molar-refractivity contribution < 1.29 is 14.3 Å². The molecule has 0 saturated heterocycles. The highest BCUT2D eigenvalue weighted by molar-refractivity contribution is 5.71. The van der Waals surface area contributed by atoms with Gasteiger partial charge in [-0.1, -0.05) is 13.8 Å². The maximum atomic E-state index is 13.3. The lowest BCUT2D eigenvalue weighted by molar-refractivity contribution is -0.136. The van der Waals surface area contributed by atoms with Crippen LogP contribution >= 0.6 is 0 Å². The Hall–Kier alpha value is -2.17. The number of hydrogen-bond acceptors (Lipinski definition) is 2. The summed E-state index contributed by atoms with van der Waals surface area (Å²) in [4.78, 5) is 11.1. The number of nitrogens with zero attached hydrogens (tertiary/aromatic N) is 2. The first-order chi connectivity index (χ1) is 9.97. The molecule has 5 heteroatoms. The number of carbonyl (C=O) groups is 1. The molecule has 112 valence electrons. The van der Waals surface area contributed by atoms with Crippen LogP contribution in [0.4, 0.5) is 4.39 Å². The first-order valence-electron chi connectivity index (χ1n) is 7.05. The molecule has 0 atom stereocenters. The van der Waals surface area contributed by atoms with Crippen LogP contribution in [0.15, 0.2) is 18.2 Å². The predicted molar refractivity (Wildman–Crippen MR) is 78.4 cm³/mol. The summed E-state index contributed by atoms with van der Waals surface area (Å²) in [5.74, 6) is -1.15. The van der Waals surface area contributed by atoms with Crippen LogP contribution in [0.1, 0.15) is 36.4 Å². The van der Waals surface area contributed by atoms with Gasteiger partial charge in [0.25, 0.3) is 0 Å². The lowest BCUT2D eigenvalue weighted by atomic mass is 10.1. The summed E-state index contributed by atoms with van der Waals surface area (Å²) in [6, 6.07) is 4.53. The van der Waals surface area contributed by atoms with Gasteiger partial charge in [0.15, 0.2) is 0 Å². The van der Waals surface area contributed by atoms with Crippen LogP contribution in [-0.4, -0.2) is 20.9 Å². The summed E-state index contributed by atoms with van der Waals surface area (Å²) in [7, 11) is 0. The van der Waals surface area contributed by atoms with Gasteiger partial charge in [0, 0.05) is 11.3 Å². The fourth-order valence-corrected chi connectivity index (χ4v) is 2.59. The topological polar surface area (TPSA) is 55.1 Å². The van der Waals surface area contributed by atoms with Crippen LogP contribution in [-0.2, 0) is 24.1 Å². The van der Waals surface area contributed by atoms with Crippen LogP contribution in [0.25, 0.3) is 5.69 Å². The average molecular weight is 290 g/mol. The number of halogens is 1. The maximum absolute atomic E-state index is 13.3. The minimum absolute atomic E-state index is 0.0351. The molecule has 0 aliphatic rings. The van der Waals surface area contributed by atoms with Gasteiger partial charge < -0.3 is 5.11 Å². The van der Waals surface area contributed by atoms with Crippen LogP contribution in [0, 0.1) is 12.7 Å². The van der Waals surface area contributed by atoms with Gasteiger partial charge in [-0.05, 0) is 43.5 Å². The molecule has 21 heavy (non-hydrogen) atoms. The summed E-state index contributed by atoms with van der Waals surface area (Å²) in [6.07, 6.45) is 1.31. The molecule has 4 nitrogen and oxygen atoms in total. The van der Waals surface area contributed by atoms with Gasteiger partial charge in [-0.25, -0.2) is 9.07 Å². The number of rotatable bonds is 5. The SMILES string of the molecule is CCc1nn(-c2ccc(F)cc2C)c(CC)c1CC(=O)O. The van der Waals surface area contributed by atoms with Gasteiger partial charge in [0.1, 0.15) is 5.82 Å². The fraction of sp³-hybridized carbons (Fsp3) is 0.375. The van der Waals surface area contributed by atoms with Gasteiger partial charge in [0.2, 0.25) is 0 Å². The van der Waals surface area contributed by atoms with Crippen molar-refractivity contribution in [3.05, 3.63) is 46.5 Å². The third-order valence-electron chi connectivity index (χ3n) is 3.56. The van der Waals surface area contributed by atoms with Gasteiger partial charge in [-0.15, -0.1) is 0 Å². The van der Waals surface area contributed by atoms with Crippen molar-refractivity contribution in [2.24, 2.45) is 0 Å². The molecule has 0 spiro atoms. The van der Waals surface area contributed by atoms with Gasteiger partial charge in [-0.3, -0.25) is 4.79 Å². The highest BCUT2D eigenvalue weighted by atomic mass is 19.1. The molecule has 2 aromatic rings. The zero-order valence-corrected chi connectivity index (χ0v) is 12.5. The molecule has 2 rings (SSSR count). The van der Waals surface area contributed by atoms with Gasteiger partial charge >= 0.3 is 5.97 Å². The molecule has 0 fully saturated rings. The second-order valence-corrected chi connectivity index (χ2v) is 4.99. The Morgan fingerprint density at radius 2 is 2.05 bits per heavy atom. The van der Waals surface area contributed by atoms with E-state index in [0.717, 1.165) is 28.2 Å². The number of carboxylic acids is 1. The Bertz CT molecular complexity index is 677. The van der Waals surface area contributed by atoms with E-state index in [4.69, 9.17) is 5.11 Å². The van der Waals surface area contributed by atoms with Crippen molar-refractivity contribution in [2.75, 3.05) is 0 Å². The van der Waals surface area contributed by atoms with Crippen molar-refractivity contribution in [3.63, 3.8) is 0 Å². The highest BCUT2D eigenvalue weighted by Crippen LogP contribution is 2.23. The number of benzene rings is 1. The molecule has 1 N–H and O–H groups in total. The van der Waals surface area contributed by atoms with E-state index < -0.39 is 5.97 Å². The van der Waals surface area contributed by atoms with Gasteiger partial charge in [0.05, 0.1) is 17.8 Å². The third kappa shape index (κ3) is 2.96. The molecule has 0 aliphatic carbocycles. The molecule has 1 aromatic heterocycles. The van der Waals surface area contributed by atoms with Crippen LogP contribution < -0.4 is 0 Å². The number of aryl methyl sites for hydroxylation is 2. The summed E-state index contributed by atoms with van der Waals surface area (Å²) < 4.78 is 15.0. The summed E-state index contributed by atoms with van der Waals surface area (Å²) in [5.41, 5.74) is 4.01. The molecule has 1 aromatic carbocycles. The monoisotopic (exact) mass is 290 g/mol. The van der Waals surface area contributed by atoms with E-state index in [1.807, 2.05) is 20.8 Å². The van der Waals surface area contributed by atoms with E-state index >= 15 is 0 Å². The van der Waals surface area contributed by atoms with Crippen molar-refractivity contribution >= 4 is 5.97 Å². The summed E-state index contributed by atoms with van der Waals surface area (Å²) in [6.45, 7) is 5.74. The van der Waals surface area contributed by atoms with E-state index in [0.29, 0.717) is 12.8 Å². The molecule has 1 heterocycles. The lowest BCUT2D eigenvalue weighted by Gasteiger charge is -2.10. The summed E-state index contributed by atoms with van der Waals surface area (Å²) in [5, 5.41) is 13.6. The van der Waals surface area contributed by atoms with E-state index in [1.54, 1.807) is 10.7 Å². The van der Waals surface area contributed by atoms with Crippen molar-refractivity contribution in [1.29, 1.82) is 0 Å². The minimum Gasteiger partial charge on any atom is -0.481 e. The van der Waals surface area contributed by atoms with E-state index in [9.17, 15) is 9.18 Å². The molecule has 0 radical (unpaired) electrons. The van der Waals surface area contributed by atoms with Crippen LogP contribution in [0.5, 0.6) is 0 Å². The average Bonchev–Trinajstić information content (AvgIpc) is 2.75. The molecule has 0 amide bonds. The maximum Gasteiger partial charge on any atom is 0.307 e. The molecule has 0 saturated carbocycles. The second kappa shape index (κ2) is 6.08. The molecule has 0 bridgehead atoms. The normalized spacial score (nSPS) is 10.9. The number of carboxylic acid groups (broad SMARTS) is 1. The first kappa shape index (κ1) is 15.2. The van der Waals surface area contributed by atoms with Crippen molar-refractivity contribution in [3.8, 4) is 5.69 Å². The standard InChI is InChI=1S/C16H19FN2O2/c1-4-13-12(9-16(20)21)14(5-2)19(18-13)15-7-6-11(17)8-10(15)3/h6-8H,4-5,9H2,1-3H3,(H,20,21). The molecule has 0 unspecified atom stereocenters. The number of hydrogen-bond donors (Lipinski definition) is 1. The Kier molecular flexibility index (Phi) is 4.40. The van der Waals surface area contributed by atoms with Crippen LogP contribution in [0.2, 0.25) is 0 Å². The van der Waals surface area contributed by atoms with Crippen LogP contribution in [0.3, 0.4) is 0 Å². The largest absolute Gasteiger partial charge is 0.481 e. The van der Waals surface area contributed by atoms with E-state index in [2.05, 4.69) is 5.10 Å². The molecule has 0 aliphatic heterocycles. The molecular weight excluding hydrogens is 271 g/mol. The fourth-order valence-electron chi connectivity index (χ4n) is 2.59. The van der Waals surface area contributed by atoms with E-state index in [-0.39, 0.29) is 12.2 Å². The highest BCUT2D eigenvalue weighted by Gasteiger charge is 2.19. The zero-order chi connectivity index (χ0) is 15.6. The number of aliphatic carboxylic acids is 1. The Morgan fingerprint density at radius 3 is 2.57 bits per heavy atom. The third-order valence-corrected chi connectivity index (χ3v) is 3.56. The smallest absolute Gasteiger partial charge is 0.307 e. The quantitative estimate of drug-likeness (QED) is 0.920. The predicted octanol–water partition coefficient (Wildman–Crippen LogP) is 3.07. The van der Waals surface area contributed by atoms with Crippen molar-refractivity contribution in [1.82, 2.24) is 9.78 Å². The summed E-state index contributed by atoms with van der Waals surface area (Å²) >= 11 is 0. The second-order valence-electron chi connectivity index (χ2n) is 4.99. The minimum atomic E-state index is -0.866. The Morgan fingerprint density at radius 1 is 1.33 bits per heavy atom.